The van der Waals surface area contributed by atoms with Gasteiger partial charge in [-0.15, -0.1) is 0 Å². The van der Waals surface area contributed by atoms with Gasteiger partial charge in [0.05, 0.1) is 11.8 Å². The first-order chi connectivity index (χ1) is 13.4. The van der Waals surface area contributed by atoms with E-state index in [1.165, 1.54) is 0 Å². The molecule has 27 heavy (non-hydrogen) atoms. The van der Waals surface area contributed by atoms with Gasteiger partial charge >= 0.3 is 0 Å². The Balaban J connectivity index is 1.41. The fraction of sp³-hybridized carbons (Fsp3) is 0.105. The maximum Gasteiger partial charge on any atom is 0.246 e. The summed E-state index contributed by atoms with van der Waals surface area (Å²) in [5, 5.41) is 8.41. The average Bonchev–Trinajstić information content (AvgIpc) is 3.43. The third-order valence-corrected chi connectivity index (χ3v) is 4.26. The molecule has 5 rings (SSSR count). The van der Waals surface area contributed by atoms with Crippen molar-refractivity contribution in [3.63, 3.8) is 0 Å². The van der Waals surface area contributed by atoms with Crippen molar-refractivity contribution in [3.8, 4) is 11.4 Å². The smallest absolute Gasteiger partial charge is 0.246 e. The summed E-state index contributed by atoms with van der Waals surface area (Å²) >= 11 is 0. The lowest BCUT2D eigenvalue weighted by Crippen LogP contribution is -2.02. The van der Waals surface area contributed by atoms with Crippen LogP contribution in [0, 0.1) is 0 Å². The Morgan fingerprint density at radius 2 is 1.89 bits per heavy atom. The SMILES string of the molecule is c1ccc(Cc2noc(Cn3ccnc3-c3cnn4cccnc34)n2)cc1. The van der Waals surface area contributed by atoms with E-state index in [2.05, 4.69) is 25.2 Å². The van der Waals surface area contributed by atoms with E-state index in [9.17, 15) is 0 Å². The molecular formula is C19H15N7O. The third-order valence-electron chi connectivity index (χ3n) is 4.26. The zero-order valence-corrected chi connectivity index (χ0v) is 14.3. The van der Waals surface area contributed by atoms with Crippen LogP contribution in [0.1, 0.15) is 17.3 Å². The quantitative estimate of drug-likeness (QED) is 0.480. The van der Waals surface area contributed by atoms with Gasteiger partial charge in [-0.3, -0.25) is 0 Å². The molecule has 0 aliphatic carbocycles. The molecule has 0 aliphatic heterocycles. The Bertz CT molecular complexity index is 1190. The monoisotopic (exact) mass is 357 g/mol. The van der Waals surface area contributed by atoms with E-state index in [4.69, 9.17) is 4.52 Å². The van der Waals surface area contributed by atoms with E-state index in [0.717, 1.165) is 22.6 Å². The molecule has 4 heterocycles. The summed E-state index contributed by atoms with van der Waals surface area (Å²) in [4.78, 5) is 13.4. The van der Waals surface area contributed by atoms with Gasteiger partial charge in [-0.25, -0.2) is 14.5 Å². The van der Waals surface area contributed by atoms with Crippen molar-refractivity contribution < 1.29 is 4.52 Å². The predicted octanol–water partition coefficient (Wildman–Crippen LogP) is 2.61. The molecule has 0 saturated heterocycles. The molecule has 5 aromatic rings. The maximum absolute atomic E-state index is 5.42. The standard InChI is InChI=1S/C19H15N7O/c1-2-5-14(6-3-1)11-16-23-17(27-24-16)13-25-10-8-21-18(25)15-12-22-26-9-4-7-20-19(15)26/h1-10,12H,11,13H2. The zero-order chi connectivity index (χ0) is 18.1. The normalized spacial score (nSPS) is 11.3. The summed E-state index contributed by atoms with van der Waals surface area (Å²) in [5.41, 5.74) is 2.75. The topological polar surface area (TPSA) is 86.9 Å². The first-order valence-electron chi connectivity index (χ1n) is 8.52. The lowest BCUT2D eigenvalue weighted by atomic mass is 10.1. The Hall–Kier alpha value is -3.81. The molecule has 0 saturated carbocycles. The second-order valence-corrected chi connectivity index (χ2v) is 6.09. The van der Waals surface area contributed by atoms with Crippen molar-refractivity contribution in [2.45, 2.75) is 13.0 Å². The van der Waals surface area contributed by atoms with Crippen LogP contribution in [0.5, 0.6) is 0 Å². The highest BCUT2D eigenvalue weighted by atomic mass is 16.5. The van der Waals surface area contributed by atoms with Crippen LogP contribution >= 0.6 is 0 Å². The van der Waals surface area contributed by atoms with E-state index in [0.29, 0.717) is 24.7 Å². The van der Waals surface area contributed by atoms with Crippen molar-refractivity contribution in [2.75, 3.05) is 0 Å². The fourth-order valence-corrected chi connectivity index (χ4v) is 3.02. The molecule has 4 aromatic heterocycles. The van der Waals surface area contributed by atoms with Gasteiger partial charge in [0, 0.05) is 31.2 Å². The largest absolute Gasteiger partial charge is 0.337 e. The summed E-state index contributed by atoms with van der Waals surface area (Å²) < 4.78 is 9.09. The minimum atomic E-state index is 0.432. The molecule has 0 amide bonds. The highest BCUT2D eigenvalue weighted by molar-refractivity contribution is 5.72. The fourth-order valence-electron chi connectivity index (χ4n) is 3.02. The Labute approximate surface area is 154 Å². The number of fused-ring (bicyclic) bond motifs is 1. The van der Waals surface area contributed by atoms with Crippen LogP contribution in [0.25, 0.3) is 17.0 Å². The first kappa shape index (κ1) is 15.4. The van der Waals surface area contributed by atoms with Crippen LogP contribution in [-0.2, 0) is 13.0 Å². The van der Waals surface area contributed by atoms with Gasteiger partial charge in [0.25, 0.3) is 0 Å². The number of aromatic nitrogens is 7. The molecule has 0 atom stereocenters. The van der Waals surface area contributed by atoms with Crippen LogP contribution in [-0.4, -0.2) is 34.3 Å². The molecule has 0 aliphatic rings. The molecule has 132 valence electrons. The number of hydrogen-bond donors (Lipinski definition) is 0. The highest BCUT2D eigenvalue weighted by Crippen LogP contribution is 2.22. The van der Waals surface area contributed by atoms with Gasteiger partial charge in [-0.2, -0.15) is 10.1 Å². The molecule has 0 fully saturated rings. The Morgan fingerprint density at radius 3 is 2.81 bits per heavy atom. The summed E-state index contributed by atoms with van der Waals surface area (Å²) in [7, 11) is 0. The molecule has 0 N–H and O–H groups in total. The lowest BCUT2D eigenvalue weighted by molar-refractivity contribution is 0.367. The molecule has 0 bridgehead atoms. The second kappa shape index (κ2) is 6.49. The van der Waals surface area contributed by atoms with E-state index >= 15 is 0 Å². The van der Waals surface area contributed by atoms with E-state index in [1.807, 2.05) is 53.4 Å². The van der Waals surface area contributed by atoms with Gasteiger partial charge in [0.1, 0.15) is 12.4 Å². The minimum Gasteiger partial charge on any atom is -0.337 e. The summed E-state index contributed by atoms with van der Waals surface area (Å²) in [6.07, 6.45) is 9.61. The maximum atomic E-state index is 5.42. The highest BCUT2D eigenvalue weighted by Gasteiger charge is 2.15. The van der Waals surface area contributed by atoms with Crippen molar-refractivity contribution in [2.24, 2.45) is 0 Å². The number of hydrogen-bond acceptors (Lipinski definition) is 6. The van der Waals surface area contributed by atoms with Gasteiger partial charge < -0.3 is 9.09 Å². The predicted molar refractivity (Wildman–Crippen MR) is 96.9 cm³/mol. The number of benzene rings is 1. The van der Waals surface area contributed by atoms with Gasteiger partial charge in [-0.05, 0) is 11.6 Å². The molecule has 8 nitrogen and oxygen atoms in total. The molecule has 8 heteroatoms. The van der Waals surface area contributed by atoms with Crippen molar-refractivity contribution in [1.82, 2.24) is 34.3 Å². The van der Waals surface area contributed by atoms with Gasteiger partial charge in [0.2, 0.25) is 5.89 Å². The molecule has 0 spiro atoms. The van der Waals surface area contributed by atoms with Crippen LogP contribution in [0.15, 0.2) is 71.9 Å². The van der Waals surface area contributed by atoms with E-state index < -0.39 is 0 Å². The zero-order valence-electron chi connectivity index (χ0n) is 14.3. The van der Waals surface area contributed by atoms with Crippen LogP contribution < -0.4 is 0 Å². The minimum absolute atomic E-state index is 0.432. The van der Waals surface area contributed by atoms with Crippen LogP contribution in [0.3, 0.4) is 0 Å². The molecule has 1 aromatic carbocycles. The van der Waals surface area contributed by atoms with E-state index in [1.54, 1.807) is 23.1 Å². The lowest BCUT2D eigenvalue weighted by Gasteiger charge is -2.03. The summed E-state index contributed by atoms with van der Waals surface area (Å²) in [5.74, 6) is 1.95. The van der Waals surface area contributed by atoms with Crippen LogP contribution in [0.2, 0.25) is 0 Å². The van der Waals surface area contributed by atoms with Crippen molar-refractivity contribution in [1.29, 1.82) is 0 Å². The molecule has 0 radical (unpaired) electrons. The summed E-state index contributed by atoms with van der Waals surface area (Å²) in [6, 6.07) is 11.9. The third kappa shape index (κ3) is 2.97. The molecule has 0 unspecified atom stereocenters. The van der Waals surface area contributed by atoms with Crippen LogP contribution in [0.4, 0.5) is 0 Å². The first-order valence-corrected chi connectivity index (χ1v) is 8.52. The van der Waals surface area contributed by atoms with Crippen molar-refractivity contribution in [3.05, 3.63) is 84.7 Å². The average molecular weight is 357 g/mol. The van der Waals surface area contributed by atoms with Crippen molar-refractivity contribution >= 4 is 5.65 Å². The number of rotatable bonds is 5. The number of nitrogens with zero attached hydrogens (tertiary/aromatic N) is 7. The molecular weight excluding hydrogens is 342 g/mol. The summed E-state index contributed by atoms with van der Waals surface area (Å²) in [6.45, 7) is 0.432. The Kier molecular flexibility index (Phi) is 3.71. The van der Waals surface area contributed by atoms with Gasteiger partial charge in [-0.1, -0.05) is 35.5 Å². The Morgan fingerprint density at radius 1 is 0.963 bits per heavy atom. The number of imidazole rings is 1. The van der Waals surface area contributed by atoms with E-state index in [-0.39, 0.29) is 0 Å². The second-order valence-electron chi connectivity index (χ2n) is 6.09. The van der Waals surface area contributed by atoms with Gasteiger partial charge in [0.15, 0.2) is 11.5 Å².